The summed E-state index contributed by atoms with van der Waals surface area (Å²) in [6, 6.07) is 12.7. The van der Waals surface area contributed by atoms with Crippen LogP contribution in [-0.4, -0.2) is 5.84 Å². The number of amidine groups is 1. The fourth-order valence-corrected chi connectivity index (χ4v) is 2.71. The van der Waals surface area contributed by atoms with Gasteiger partial charge in [0, 0.05) is 16.2 Å². The molecule has 3 N–H and O–H groups in total. The summed E-state index contributed by atoms with van der Waals surface area (Å²) in [6.45, 7) is 2.05. The summed E-state index contributed by atoms with van der Waals surface area (Å²) >= 11 is 1.45. The number of nitrogen functional groups attached to an aromatic ring is 1. The quantitative estimate of drug-likeness (QED) is 0.507. The van der Waals surface area contributed by atoms with Gasteiger partial charge in [-0.25, -0.2) is 4.39 Å². The molecule has 2 rings (SSSR count). The average molecular weight is 274 g/mol. The number of hydrogen-bond acceptors (Lipinski definition) is 2. The third-order valence-electron chi connectivity index (χ3n) is 2.89. The molecule has 0 amide bonds. The molecule has 0 saturated heterocycles. The first kappa shape index (κ1) is 13.6. The number of rotatable bonds is 4. The molecule has 4 heteroatoms. The predicted molar refractivity (Wildman–Crippen MR) is 78.2 cm³/mol. The highest BCUT2D eigenvalue weighted by molar-refractivity contribution is 7.98. The second-order valence-corrected chi connectivity index (χ2v) is 5.29. The van der Waals surface area contributed by atoms with E-state index < -0.39 is 0 Å². The van der Waals surface area contributed by atoms with Crippen LogP contribution in [0.4, 0.5) is 4.39 Å². The first-order valence-corrected chi connectivity index (χ1v) is 6.87. The molecule has 0 heterocycles. The van der Waals surface area contributed by atoms with Gasteiger partial charge in [0.25, 0.3) is 0 Å². The summed E-state index contributed by atoms with van der Waals surface area (Å²) in [5.41, 5.74) is 8.14. The van der Waals surface area contributed by atoms with Crippen LogP contribution >= 0.6 is 11.8 Å². The maximum Gasteiger partial charge on any atom is 0.137 e. The minimum atomic E-state index is -0.328. The molecule has 0 saturated carbocycles. The van der Waals surface area contributed by atoms with Crippen LogP contribution in [0, 0.1) is 18.2 Å². The van der Waals surface area contributed by atoms with Crippen molar-refractivity contribution in [1.82, 2.24) is 0 Å². The second kappa shape index (κ2) is 5.89. The van der Waals surface area contributed by atoms with Crippen molar-refractivity contribution in [2.45, 2.75) is 17.6 Å². The molecule has 2 nitrogen and oxygen atoms in total. The molecule has 0 fully saturated rings. The highest BCUT2D eigenvalue weighted by Gasteiger charge is 2.07. The van der Waals surface area contributed by atoms with Gasteiger partial charge in [0.1, 0.15) is 11.7 Å². The number of nitrogens with two attached hydrogens (primary N) is 1. The number of hydrogen-bond donors (Lipinski definition) is 2. The number of aryl methyl sites for hydroxylation is 1. The van der Waals surface area contributed by atoms with E-state index in [1.807, 2.05) is 31.2 Å². The monoisotopic (exact) mass is 274 g/mol. The second-order valence-electron chi connectivity index (χ2n) is 4.27. The van der Waals surface area contributed by atoms with Crippen molar-refractivity contribution in [2.75, 3.05) is 0 Å². The maximum atomic E-state index is 13.8. The Morgan fingerprint density at radius 3 is 2.63 bits per heavy atom. The summed E-state index contributed by atoms with van der Waals surface area (Å²) in [4.78, 5) is 0.577. The molecule has 2 aromatic rings. The van der Waals surface area contributed by atoms with Gasteiger partial charge in [-0.2, -0.15) is 0 Å². The van der Waals surface area contributed by atoms with Gasteiger partial charge in [-0.3, -0.25) is 5.41 Å². The summed E-state index contributed by atoms with van der Waals surface area (Å²) in [6.07, 6.45) is 0. The van der Waals surface area contributed by atoms with Gasteiger partial charge in [-0.1, -0.05) is 24.3 Å². The van der Waals surface area contributed by atoms with E-state index >= 15 is 0 Å². The Balaban J connectivity index is 2.12. The van der Waals surface area contributed by atoms with Crippen LogP contribution in [0.1, 0.15) is 16.7 Å². The summed E-state index contributed by atoms with van der Waals surface area (Å²) < 4.78 is 13.8. The molecule has 0 unspecified atom stereocenters. The Morgan fingerprint density at radius 1 is 1.26 bits per heavy atom. The molecule has 0 bridgehead atoms. The van der Waals surface area contributed by atoms with Crippen molar-refractivity contribution in [3.8, 4) is 0 Å². The molecule has 0 atom stereocenters. The van der Waals surface area contributed by atoms with E-state index in [-0.39, 0.29) is 11.7 Å². The molecule has 0 radical (unpaired) electrons. The third-order valence-corrected chi connectivity index (χ3v) is 3.98. The van der Waals surface area contributed by atoms with Gasteiger partial charge in [-0.15, -0.1) is 11.8 Å². The molecule has 0 aliphatic carbocycles. The van der Waals surface area contributed by atoms with Crippen LogP contribution in [0.25, 0.3) is 0 Å². The highest BCUT2D eigenvalue weighted by atomic mass is 32.2. The van der Waals surface area contributed by atoms with Gasteiger partial charge in [-0.05, 0) is 36.2 Å². The fraction of sp³-hybridized carbons (Fsp3) is 0.133. The zero-order chi connectivity index (χ0) is 13.8. The van der Waals surface area contributed by atoms with Gasteiger partial charge < -0.3 is 5.73 Å². The minimum absolute atomic E-state index is 0.116. The summed E-state index contributed by atoms with van der Waals surface area (Å²) in [5, 5.41) is 7.27. The average Bonchev–Trinajstić information content (AvgIpc) is 2.39. The third kappa shape index (κ3) is 3.35. The molecular weight excluding hydrogens is 259 g/mol. The normalized spacial score (nSPS) is 10.4. The summed E-state index contributed by atoms with van der Waals surface area (Å²) in [5.74, 6) is 0.281. The molecule has 0 aliphatic rings. The lowest BCUT2D eigenvalue weighted by Gasteiger charge is -2.07. The first-order valence-electron chi connectivity index (χ1n) is 5.89. The lowest BCUT2D eigenvalue weighted by molar-refractivity contribution is 0.601. The zero-order valence-corrected chi connectivity index (χ0v) is 11.4. The molecule has 0 spiro atoms. The number of halogens is 1. The topological polar surface area (TPSA) is 49.9 Å². The molecular formula is C15H15FN2S. The fourth-order valence-electron chi connectivity index (χ4n) is 1.71. The van der Waals surface area contributed by atoms with E-state index in [0.717, 1.165) is 5.75 Å². The molecule has 0 aliphatic heterocycles. The van der Waals surface area contributed by atoms with E-state index in [9.17, 15) is 4.39 Å². The standard InChI is InChI=1S/C15H15FN2S/c1-10-4-2-3-5-12(10)9-19-14-7-6-11(15(17)18)8-13(14)16/h2-8H,9H2,1H3,(H3,17,18). The number of thioether (sulfide) groups is 1. The highest BCUT2D eigenvalue weighted by Crippen LogP contribution is 2.27. The maximum absolute atomic E-state index is 13.8. The number of nitrogens with one attached hydrogen (secondary N) is 1. The summed E-state index contributed by atoms with van der Waals surface area (Å²) in [7, 11) is 0. The Morgan fingerprint density at radius 2 is 2.00 bits per heavy atom. The lowest BCUT2D eigenvalue weighted by atomic mass is 10.1. The van der Waals surface area contributed by atoms with E-state index in [1.54, 1.807) is 12.1 Å². The number of benzene rings is 2. The molecule has 2 aromatic carbocycles. The van der Waals surface area contributed by atoms with Crippen LogP contribution in [0.3, 0.4) is 0 Å². The van der Waals surface area contributed by atoms with Crippen molar-refractivity contribution < 1.29 is 4.39 Å². The first-order chi connectivity index (χ1) is 9.08. The Kier molecular flexibility index (Phi) is 4.22. The Bertz CT molecular complexity index is 611. The minimum Gasteiger partial charge on any atom is -0.384 e. The SMILES string of the molecule is Cc1ccccc1CSc1ccc(C(=N)N)cc1F. The van der Waals surface area contributed by atoms with Crippen molar-refractivity contribution in [3.05, 3.63) is 65.0 Å². The van der Waals surface area contributed by atoms with Gasteiger partial charge in [0.2, 0.25) is 0 Å². The van der Waals surface area contributed by atoms with Crippen LogP contribution in [0.2, 0.25) is 0 Å². The van der Waals surface area contributed by atoms with E-state index in [0.29, 0.717) is 10.5 Å². The molecule has 98 valence electrons. The largest absolute Gasteiger partial charge is 0.384 e. The molecule has 19 heavy (non-hydrogen) atoms. The van der Waals surface area contributed by atoms with Gasteiger partial charge in [0.15, 0.2) is 0 Å². The Hall–Kier alpha value is -1.81. The van der Waals surface area contributed by atoms with Crippen LogP contribution in [-0.2, 0) is 5.75 Å². The van der Waals surface area contributed by atoms with Crippen molar-refractivity contribution in [1.29, 1.82) is 5.41 Å². The van der Waals surface area contributed by atoms with E-state index in [4.69, 9.17) is 11.1 Å². The van der Waals surface area contributed by atoms with Crippen LogP contribution < -0.4 is 5.73 Å². The van der Waals surface area contributed by atoms with Gasteiger partial charge >= 0.3 is 0 Å². The lowest BCUT2D eigenvalue weighted by Crippen LogP contribution is -2.11. The van der Waals surface area contributed by atoms with Crippen molar-refractivity contribution >= 4 is 17.6 Å². The molecule has 0 aromatic heterocycles. The van der Waals surface area contributed by atoms with E-state index in [1.165, 1.54) is 29.0 Å². The van der Waals surface area contributed by atoms with Crippen molar-refractivity contribution in [3.63, 3.8) is 0 Å². The Labute approximate surface area is 116 Å². The zero-order valence-electron chi connectivity index (χ0n) is 10.6. The van der Waals surface area contributed by atoms with Crippen LogP contribution in [0.5, 0.6) is 0 Å². The van der Waals surface area contributed by atoms with Crippen molar-refractivity contribution in [2.24, 2.45) is 5.73 Å². The predicted octanol–water partition coefficient (Wildman–Crippen LogP) is 3.71. The van der Waals surface area contributed by atoms with Crippen LogP contribution in [0.15, 0.2) is 47.4 Å². The smallest absolute Gasteiger partial charge is 0.137 e. The van der Waals surface area contributed by atoms with Gasteiger partial charge in [0.05, 0.1) is 0 Å². The van der Waals surface area contributed by atoms with E-state index in [2.05, 4.69) is 0 Å².